The van der Waals surface area contributed by atoms with Gasteiger partial charge in [0.15, 0.2) is 5.11 Å². The van der Waals surface area contributed by atoms with E-state index in [1.807, 2.05) is 12.1 Å². The van der Waals surface area contributed by atoms with Crippen LogP contribution in [0.4, 0.5) is 0 Å². The molecule has 1 aromatic carbocycles. The van der Waals surface area contributed by atoms with Crippen LogP contribution in [-0.2, 0) is 0 Å². The first-order chi connectivity index (χ1) is 10.5. The molecule has 1 amide bonds. The fourth-order valence-corrected chi connectivity index (χ4v) is 1.93. The number of amides is 1. The van der Waals surface area contributed by atoms with Crippen LogP contribution in [0, 0.1) is 5.92 Å². The number of nitrogens with one attached hydrogen (secondary N) is 2. The lowest BCUT2D eigenvalue weighted by Gasteiger charge is -2.11. The van der Waals surface area contributed by atoms with Gasteiger partial charge in [0.05, 0.1) is 6.61 Å². The van der Waals surface area contributed by atoms with Gasteiger partial charge >= 0.3 is 0 Å². The van der Waals surface area contributed by atoms with E-state index in [4.69, 9.17) is 17.0 Å². The average molecular weight is 322 g/mol. The quantitative estimate of drug-likeness (QED) is 0.568. The van der Waals surface area contributed by atoms with Gasteiger partial charge in [-0.05, 0) is 49.2 Å². The number of rotatable bonds is 8. The Kier molecular flexibility index (Phi) is 8.51. The molecule has 1 aromatic rings. The Morgan fingerprint density at radius 3 is 2.82 bits per heavy atom. The minimum Gasteiger partial charge on any atom is -0.494 e. The van der Waals surface area contributed by atoms with E-state index >= 15 is 0 Å². The number of hydrogen-bond acceptors (Lipinski definition) is 3. The molecule has 0 atom stereocenters. The van der Waals surface area contributed by atoms with Crippen LogP contribution in [0.15, 0.2) is 24.3 Å². The molecule has 0 saturated heterocycles. The molecule has 1 rings (SSSR count). The Morgan fingerprint density at radius 1 is 1.36 bits per heavy atom. The highest BCUT2D eigenvalue weighted by atomic mass is 32.1. The summed E-state index contributed by atoms with van der Waals surface area (Å²) in [5, 5.41) is 6.06. The van der Waals surface area contributed by atoms with Gasteiger partial charge in [-0.1, -0.05) is 33.3 Å². The molecular formula is C17H26N2O2S. The van der Waals surface area contributed by atoms with Crippen LogP contribution in [0.2, 0.25) is 0 Å². The van der Waals surface area contributed by atoms with Crippen molar-refractivity contribution in [3.8, 4) is 5.75 Å². The van der Waals surface area contributed by atoms with Gasteiger partial charge in [-0.15, -0.1) is 0 Å². The molecule has 2 N–H and O–H groups in total. The second-order valence-corrected chi connectivity index (χ2v) is 6.03. The van der Waals surface area contributed by atoms with Crippen LogP contribution >= 0.6 is 12.2 Å². The van der Waals surface area contributed by atoms with Gasteiger partial charge < -0.3 is 10.1 Å². The predicted octanol–water partition coefficient (Wildman–Crippen LogP) is 3.52. The Morgan fingerprint density at radius 2 is 2.14 bits per heavy atom. The first kappa shape index (κ1) is 18.4. The Balaban J connectivity index is 2.49. The lowest BCUT2D eigenvalue weighted by molar-refractivity contribution is 0.0976. The summed E-state index contributed by atoms with van der Waals surface area (Å²) in [5.41, 5.74) is 0.543. The van der Waals surface area contributed by atoms with E-state index in [2.05, 4.69) is 31.4 Å². The van der Waals surface area contributed by atoms with E-state index in [1.54, 1.807) is 12.1 Å². The maximum absolute atomic E-state index is 12.1. The summed E-state index contributed by atoms with van der Waals surface area (Å²) in [5.74, 6) is 1.08. The molecule has 0 aliphatic rings. The van der Waals surface area contributed by atoms with E-state index in [9.17, 15) is 4.79 Å². The summed E-state index contributed by atoms with van der Waals surface area (Å²) in [6, 6.07) is 7.16. The lowest BCUT2D eigenvalue weighted by Crippen LogP contribution is -2.39. The fourth-order valence-electron chi connectivity index (χ4n) is 1.74. The Hall–Kier alpha value is -1.62. The van der Waals surface area contributed by atoms with Crippen molar-refractivity contribution in [3.63, 3.8) is 0 Å². The highest BCUT2D eigenvalue weighted by Crippen LogP contribution is 2.14. The number of hydrogen-bond donors (Lipinski definition) is 2. The van der Waals surface area contributed by atoms with Gasteiger partial charge in [0, 0.05) is 12.1 Å². The zero-order valence-electron chi connectivity index (χ0n) is 13.6. The standard InChI is InChI=1S/C17H26N2O2S/c1-4-5-10-18-17(22)19-16(20)14-7-6-8-15(12-14)21-11-9-13(2)3/h6-8,12-13H,4-5,9-11H2,1-3H3,(H2,18,19,20,22). The third-order valence-electron chi connectivity index (χ3n) is 3.10. The monoisotopic (exact) mass is 322 g/mol. The van der Waals surface area contributed by atoms with Crippen molar-refractivity contribution in [2.45, 2.75) is 40.0 Å². The molecule has 0 spiro atoms. The molecule has 0 unspecified atom stereocenters. The van der Waals surface area contributed by atoms with Gasteiger partial charge in [0.1, 0.15) is 5.75 Å². The van der Waals surface area contributed by atoms with Crippen LogP contribution in [0.25, 0.3) is 0 Å². The van der Waals surface area contributed by atoms with Crippen molar-refractivity contribution in [2.24, 2.45) is 5.92 Å². The van der Waals surface area contributed by atoms with Gasteiger partial charge in [0.2, 0.25) is 0 Å². The molecule has 4 nitrogen and oxygen atoms in total. The van der Waals surface area contributed by atoms with E-state index < -0.39 is 0 Å². The molecule has 0 bridgehead atoms. The molecule has 0 fully saturated rings. The average Bonchev–Trinajstić information content (AvgIpc) is 2.47. The second-order valence-electron chi connectivity index (χ2n) is 5.62. The molecule has 0 saturated carbocycles. The van der Waals surface area contributed by atoms with E-state index in [-0.39, 0.29) is 5.91 Å². The highest BCUT2D eigenvalue weighted by molar-refractivity contribution is 7.80. The molecule has 0 aromatic heterocycles. The summed E-state index contributed by atoms with van der Waals surface area (Å²) in [6.45, 7) is 7.83. The zero-order chi connectivity index (χ0) is 16.4. The molecule has 0 aliphatic heterocycles. The van der Waals surface area contributed by atoms with Crippen molar-refractivity contribution < 1.29 is 9.53 Å². The molecular weight excluding hydrogens is 296 g/mol. The van der Waals surface area contributed by atoms with Gasteiger partial charge in [-0.3, -0.25) is 10.1 Å². The minimum absolute atomic E-state index is 0.219. The summed E-state index contributed by atoms with van der Waals surface area (Å²) in [4.78, 5) is 12.1. The number of carbonyl (C=O) groups is 1. The predicted molar refractivity (Wildman–Crippen MR) is 94.4 cm³/mol. The Labute approximate surface area is 138 Å². The summed E-state index contributed by atoms with van der Waals surface area (Å²) in [7, 11) is 0. The lowest BCUT2D eigenvalue weighted by atomic mass is 10.1. The number of benzene rings is 1. The SMILES string of the molecule is CCCCNC(=S)NC(=O)c1cccc(OCCC(C)C)c1. The molecule has 22 heavy (non-hydrogen) atoms. The zero-order valence-corrected chi connectivity index (χ0v) is 14.5. The summed E-state index contributed by atoms with van der Waals surface area (Å²) in [6.07, 6.45) is 3.09. The van der Waals surface area contributed by atoms with Gasteiger partial charge in [0.25, 0.3) is 5.91 Å². The first-order valence-electron chi connectivity index (χ1n) is 7.85. The van der Waals surface area contributed by atoms with Crippen molar-refractivity contribution in [1.29, 1.82) is 0 Å². The third-order valence-corrected chi connectivity index (χ3v) is 3.35. The molecule has 0 radical (unpaired) electrons. The topological polar surface area (TPSA) is 50.4 Å². The van der Waals surface area contributed by atoms with Gasteiger partial charge in [-0.2, -0.15) is 0 Å². The van der Waals surface area contributed by atoms with Crippen LogP contribution in [0.5, 0.6) is 5.75 Å². The highest BCUT2D eigenvalue weighted by Gasteiger charge is 2.08. The molecule has 0 heterocycles. The third kappa shape index (κ3) is 7.41. The van der Waals surface area contributed by atoms with Crippen molar-refractivity contribution in [2.75, 3.05) is 13.2 Å². The van der Waals surface area contributed by atoms with Crippen LogP contribution < -0.4 is 15.4 Å². The van der Waals surface area contributed by atoms with Crippen molar-refractivity contribution >= 4 is 23.2 Å². The molecule has 5 heteroatoms. The Bertz CT molecular complexity index is 489. The van der Waals surface area contributed by atoms with Crippen LogP contribution in [0.3, 0.4) is 0 Å². The maximum Gasteiger partial charge on any atom is 0.257 e. The van der Waals surface area contributed by atoms with E-state index in [0.717, 1.165) is 25.8 Å². The van der Waals surface area contributed by atoms with E-state index in [0.29, 0.717) is 29.0 Å². The number of thiocarbonyl (C=S) groups is 1. The van der Waals surface area contributed by atoms with E-state index in [1.165, 1.54) is 0 Å². The number of ether oxygens (including phenoxy) is 1. The maximum atomic E-state index is 12.1. The molecule has 0 aliphatic carbocycles. The van der Waals surface area contributed by atoms with Crippen LogP contribution in [0.1, 0.15) is 50.4 Å². The normalized spacial score (nSPS) is 10.4. The fraction of sp³-hybridized carbons (Fsp3) is 0.529. The molecule has 122 valence electrons. The van der Waals surface area contributed by atoms with Crippen molar-refractivity contribution in [1.82, 2.24) is 10.6 Å². The van der Waals surface area contributed by atoms with Gasteiger partial charge in [-0.25, -0.2) is 0 Å². The number of carbonyl (C=O) groups excluding carboxylic acids is 1. The largest absolute Gasteiger partial charge is 0.494 e. The smallest absolute Gasteiger partial charge is 0.257 e. The first-order valence-corrected chi connectivity index (χ1v) is 8.25. The minimum atomic E-state index is -0.219. The summed E-state index contributed by atoms with van der Waals surface area (Å²) < 4.78 is 5.66. The van der Waals surface area contributed by atoms with Crippen molar-refractivity contribution in [3.05, 3.63) is 29.8 Å². The second kappa shape index (κ2) is 10.2. The van der Waals surface area contributed by atoms with Crippen LogP contribution in [-0.4, -0.2) is 24.2 Å². The summed E-state index contributed by atoms with van der Waals surface area (Å²) >= 11 is 5.10. The number of unbranched alkanes of at least 4 members (excludes halogenated alkanes) is 1.